The first-order valence-electron chi connectivity index (χ1n) is 11.9. The van der Waals surface area contributed by atoms with Crippen molar-refractivity contribution in [3.63, 3.8) is 0 Å². The zero-order valence-electron chi connectivity index (χ0n) is 20.2. The van der Waals surface area contributed by atoms with Gasteiger partial charge in [-0.3, -0.25) is 4.79 Å². The minimum Gasteiger partial charge on any atom is -0.497 e. The second-order valence-corrected chi connectivity index (χ2v) is 10.2. The van der Waals surface area contributed by atoms with Crippen molar-refractivity contribution < 1.29 is 9.53 Å². The minimum absolute atomic E-state index is 0.0349. The molecule has 6 heteroatoms. The molecular formula is C29H29N3O2S. The number of carbonyl (C=O) groups excluding carboxylic acids is 1. The number of ether oxygens (including phenoxy) is 1. The molecule has 0 saturated heterocycles. The van der Waals surface area contributed by atoms with Crippen LogP contribution in [0.1, 0.15) is 40.2 Å². The van der Waals surface area contributed by atoms with E-state index in [1.807, 2.05) is 36.4 Å². The highest BCUT2D eigenvalue weighted by Crippen LogP contribution is 2.43. The maximum atomic E-state index is 12.4. The molecule has 5 nitrogen and oxygen atoms in total. The molecule has 35 heavy (non-hydrogen) atoms. The van der Waals surface area contributed by atoms with E-state index < -0.39 is 0 Å². The van der Waals surface area contributed by atoms with Crippen LogP contribution in [0.5, 0.6) is 5.75 Å². The van der Waals surface area contributed by atoms with Gasteiger partial charge >= 0.3 is 0 Å². The van der Waals surface area contributed by atoms with Crippen LogP contribution in [0, 0.1) is 5.92 Å². The second-order valence-electron chi connectivity index (χ2n) is 9.19. The van der Waals surface area contributed by atoms with Gasteiger partial charge in [-0.1, -0.05) is 50.2 Å². The molecule has 178 valence electrons. The Morgan fingerprint density at radius 1 is 1.06 bits per heavy atom. The van der Waals surface area contributed by atoms with Gasteiger partial charge in [-0.2, -0.15) is 0 Å². The molecule has 3 aromatic carbocycles. The van der Waals surface area contributed by atoms with Gasteiger partial charge in [0.05, 0.1) is 19.3 Å². The first-order chi connectivity index (χ1) is 17.0. The molecule has 0 bridgehead atoms. The monoisotopic (exact) mass is 483 g/mol. The summed E-state index contributed by atoms with van der Waals surface area (Å²) in [4.78, 5) is 21.0. The summed E-state index contributed by atoms with van der Waals surface area (Å²) >= 11 is 1.75. The molecule has 1 N–H and O–H groups in total. The first kappa shape index (κ1) is 23.1. The average molecular weight is 484 g/mol. The number of hydrogen-bond donors (Lipinski definition) is 1. The highest BCUT2D eigenvalue weighted by atomic mass is 32.1. The number of methoxy groups -OCH3 is 1. The summed E-state index contributed by atoms with van der Waals surface area (Å²) in [5.74, 6) is 1.21. The van der Waals surface area contributed by atoms with E-state index in [9.17, 15) is 4.79 Å². The van der Waals surface area contributed by atoms with Crippen molar-refractivity contribution in [2.24, 2.45) is 5.92 Å². The van der Waals surface area contributed by atoms with E-state index in [1.165, 1.54) is 16.0 Å². The Morgan fingerprint density at radius 3 is 2.51 bits per heavy atom. The summed E-state index contributed by atoms with van der Waals surface area (Å²) in [6, 6.07) is 24.4. The maximum absolute atomic E-state index is 12.4. The number of hydrogen-bond acceptors (Lipinski definition) is 5. The summed E-state index contributed by atoms with van der Waals surface area (Å²) in [5.41, 5.74) is 6.50. The number of fused-ring (bicyclic) bond motifs is 3. The van der Waals surface area contributed by atoms with Crippen molar-refractivity contribution in [3.8, 4) is 17.0 Å². The SMILES string of the molecule is COc1ccc(N(Cc2ccc(C(=O)NCC(C)C)cc2)c2nc3c(s2)Cc2ccccc2-3)cc1. The Kier molecular flexibility index (Phi) is 6.55. The molecule has 0 aliphatic heterocycles. The Morgan fingerprint density at radius 2 is 1.80 bits per heavy atom. The molecular weight excluding hydrogens is 454 g/mol. The van der Waals surface area contributed by atoms with Crippen molar-refractivity contribution in [2.45, 2.75) is 26.8 Å². The number of nitrogens with zero attached hydrogens (tertiary/aromatic N) is 2. The summed E-state index contributed by atoms with van der Waals surface area (Å²) in [7, 11) is 1.68. The van der Waals surface area contributed by atoms with Crippen LogP contribution in [0.25, 0.3) is 11.3 Å². The topological polar surface area (TPSA) is 54.5 Å². The fraction of sp³-hybridized carbons (Fsp3) is 0.241. The molecule has 0 atom stereocenters. The van der Waals surface area contributed by atoms with E-state index in [1.54, 1.807) is 18.4 Å². The molecule has 1 aliphatic rings. The van der Waals surface area contributed by atoms with Gasteiger partial charge in [0.1, 0.15) is 5.75 Å². The Labute approximate surface area is 210 Å². The Hall–Kier alpha value is -3.64. The van der Waals surface area contributed by atoms with Crippen molar-refractivity contribution in [3.05, 3.63) is 94.4 Å². The molecule has 0 spiro atoms. The van der Waals surface area contributed by atoms with E-state index in [4.69, 9.17) is 9.72 Å². The number of amides is 1. The van der Waals surface area contributed by atoms with Crippen molar-refractivity contribution in [1.29, 1.82) is 0 Å². The normalized spacial score (nSPS) is 11.8. The molecule has 1 heterocycles. The van der Waals surface area contributed by atoms with Gasteiger partial charge in [-0.05, 0) is 53.4 Å². The molecule has 0 radical (unpaired) electrons. The van der Waals surface area contributed by atoms with Crippen LogP contribution in [0.2, 0.25) is 0 Å². The van der Waals surface area contributed by atoms with Crippen molar-refractivity contribution in [1.82, 2.24) is 10.3 Å². The molecule has 0 saturated carbocycles. The number of carbonyl (C=O) groups is 1. The smallest absolute Gasteiger partial charge is 0.251 e. The van der Waals surface area contributed by atoms with Gasteiger partial charge in [-0.25, -0.2) is 4.98 Å². The van der Waals surface area contributed by atoms with E-state index in [0.717, 1.165) is 34.2 Å². The van der Waals surface area contributed by atoms with Crippen LogP contribution in [-0.4, -0.2) is 24.5 Å². The predicted octanol–water partition coefficient (Wildman–Crippen LogP) is 6.45. The van der Waals surface area contributed by atoms with Crippen LogP contribution in [0.15, 0.2) is 72.8 Å². The highest BCUT2D eigenvalue weighted by Gasteiger charge is 2.25. The van der Waals surface area contributed by atoms with E-state index in [-0.39, 0.29) is 5.91 Å². The van der Waals surface area contributed by atoms with Gasteiger partial charge in [0.15, 0.2) is 5.13 Å². The molecule has 4 aromatic rings. The largest absolute Gasteiger partial charge is 0.497 e. The van der Waals surface area contributed by atoms with Gasteiger partial charge in [0.2, 0.25) is 0 Å². The molecule has 1 amide bonds. The number of thiazole rings is 1. The Bertz CT molecular complexity index is 1330. The fourth-order valence-corrected chi connectivity index (χ4v) is 5.36. The number of rotatable bonds is 8. The minimum atomic E-state index is -0.0349. The maximum Gasteiger partial charge on any atom is 0.251 e. The average Bonchev–Trinajstić information content (AvgIpc) is 3.44. The highest BCUT2D eigenvalue weighted by molar-refractivity contribution is 7.16. The zero-order valence-corrected chi connectivity index (χ0v) is 21.1. The van der Waals surface area contributed by atoms with Crippen LogP contribution < -0.4 is 15.0 Å². The van der Waals surface area contributed by atoms with Crippen LogP contribution >= 0.6 is 11.3 Å². The van der Waals surface area contributed by atoms with Crippen LogP contribution in [-0.2, 0) is 13.0 Å². The van der Waals surface area contributed by atoms with Gasteiger partial charge < -0.3 is 15.0 Å². The predicted molar refractivity (Wildman–Crippen MR) is 143 cm³/mol. The molecule has 1 aliphatic carbocycles. The van der Waals surface area contributed by atoms with Crippen molar-refractivity contribution in [2.75, 3.05) is 18.6 Å². The fourth-order valence-electron chi connectivity index (χ4n) is 4.24. The lowest BCUT2D eigenvalue weighted by Crippen LogP contribution is -2.27. The van der Waals surface area contributed by atoms with Crippen LogP contribution in [0.3, 0.4) is 0 Å². The lowest BCUT2D eigenvalue weighted by Gasteiger charge is -2.23. The molecule has 0 unspecified atom stereocenters. The molecule has 0 fully saturated rings. The first-order valence-corrected chi connectivity index (χ1v) is 12.7. The summed E-state index contributed by atoms with van der Waals surface area (Å²) in [6.07, 6.45) is 0.930. The summed E-state index contributed by atoms with van der Waals surface area (Å²) in [5, 5.41) is 3.95. The third-order valence-electron chi connectivity index (χ3n) is 6.15. The standard InChI is InChI=1S/C29H29N3O2S/c1-19(2)17-30-28(33)21-10-8-20(9-11-21)18-32(23-12-14-24(34-3)15-13-23)29-31-27-25-7-5-4-6-22(25)16-26(27)35-29/h4-15,19H,16-18H2,1-3H3,(H,30,33). The number of benzene rings is 3. The van der Waals surface area contributed by atoms with Gasteiger partial charge in [0.25, 0.3) is 5.91 Å². The lowest BCUT2D eigenvalue weighted by atomic mass is 10.1. The summed E-state index contributed by atoms with van der Waals surface area (Å²) < 4.78 is 5.36. The van der Waals surface area contributed by atoms with Crippen LogP contribution in [0.4, 0.5) is 10.8 Å². The number of anilines is 2. The Balaban J connectivity index is 1.43. The second kappa shape index (κ2) is 9.92. The van der Waals surface area contributed by atoms with Crippen molar-refractivity contribution >= 4 is 28.1 Å². The zero-order chi connectivity index (χ0) is 24.4. The number of nitrogens with one attached hydrogen (secondary N) is 1. The van der Waals surface area contributed by atoms with Gasteiger partial charge in [-0.15, -0.1) is 11.3 Å². The third-order valence-corrected chi connectivity index (χ3v) is 7.23. The number of aromatic nitrogens is 1. The van der Waals surface area contributed by atoms with E-state index >= 15 is 0 Å². The molecule has 1 aromatic heterocycles. The summed E-state index contributed by atoms with van der Waals surface area (Å²) in [6.45, 7) is 5.49. The lowest BCUT2D eigenvalue weighted by molar-refractivity contribution is 0.0949. The quantitative estimate of drug-likeness (QED) is 0.276. The van der Waals surface area contributed by atoms with E-state index in [0.29, 0.717) is 24.6 Å². The molecule has 5 rings (SSSR count). The van der Waals surface area contributed by atoms with Gasteiger partial charge in [0, 0.05) is 34.7 Å². The third kappa shape index (κ3) is 4.93. The van der Waals surface area contributed by atoms with E-state index in [2.05, 4.69) is 60.5 Å².